The highest BCUT2D eigenvalue weighted by molar-refractivity contribution is 5.86. The maximum absolute atomic E-state index is 13.7. The smallest absolute Gasteiger partial charge is 0.328 e. The second kappa shape index (κ2) is 7.10. The van der Waals surface area contributed by atoms with E-state index in [0.717, 1.165) is 32.1 Å². The highest BCUT2D eigenvalue weighted by Crippen LogP contribution is 2.36. The Morgan fingerprint density at radius 2 is 1.94 bits per heavy atom. The Kier molecular flexibility index (Phi) is 4.27. The first-order chi connectivity index (χ1) is 15.9. The lowest BCUT2D eigenvalue weighted by atomic mass is 9.95. The van der Waals surface area contributed by atoms with Crippen molar-refractivity contribution in [1.29, 1.82) is 5.26 Å². The van der Waals surface area contributed by atoms with Gasteiger partial charge in [0.15, 0.2) is 11.5 Å². The first-order valence-electron chi connectivity index (χ1n) is 11.0. The molecule has 3 aromatic heterocycles. The lowest BCUT2D eigenvalue weighted by molar-refractivity contribution is -0.0265. The molecule has 1 N–H and O–H groups in total. The monoisotopic (exact) mass is 450 g/mol. The minimum absolute atomic E-state index is 0.00171. The molecule has 1 aromatic carbocycles. The molecular weight excluding hydrogens is 430 g/mol. The average molecular weight is 450 g/mol. The van der Waals surface area contributed by atoms with Crippen LogP contribution in [0, 0.1) is 11.3 Å². The van der Waals surface area contributed by atoms with Crippen LogP contribution in [-0.2, 0) is 0 Å². The van der Waals surface area contributed by atoms with Gasteiger partial charge in [0, 0.05) is 6.04 Å². The van der Waals surface area contributed by atoms with Crippen molar-refractivity contribution in [2.24, 2.45) is 0 Å². The quantitative estimate of drug-likeness (QED) is 0.513. The zero-order valence-electron chi connectivity index (χ0n) is 17.6. The van der Waals surface area contributed by atoms with Crippen molar-refractivity contribution in [2.75, 3.05) is 18.0 Å². The summed E-state index contributed by atoms with van der Waals surface area (Å²) < 4.78 is 30.7. The summed E-state index contributed by atoms with van der Waals surface area (Å²) in [6.07, 6.45) is 6.44. The summed E-state index contributed by atoms with van der Waals surface area (Å²) >= 11 is 0. The van der Waals surface area contributed by atoms with Crippen molar-refractivity contribution in [1.82, 2.24) is 29.1 Å². The molecule has 0 radical (unpaired) electrons. The standard InChI is InChI=1S/C22H20F2N8O/c23-22(24)10-30(11-22)18-17-19(32(21(33)27-17)14-4-2-1-3-5-14)29-20(28-18)31-12-26-15-7-6-13(9-25)8-16(15)31/h6-8,12,14H,1-5,10-11H2,(H,27,33). The largest absolute Gasteiger partial charge is 0.342 e. The van der Waals surface area contributed by atoms with E-state index < -0.39 is 19.0 Å². The zero-order valence-corrected chi connectivity index (χ0v) is 17.6. The highest BCUT2D eigenvalue weighted by Gasteiger charge is 2.45. The number of anilines is 1. The number of hydrogen-bond acceptors (Lipinski definition) is 6. The summed E-state index contributed by atoms with van der Waals surface area (Å²) in [6, 6.07) is 7.18. The molecule has 1 aliphatic carbocycles. The van der Waals surface area contributed by atoms with Gasteiger partial charge in [0.2, 0.25) is 5.95 Å². The van der Waals surface area contributed by atoms with E-state index in [0.29, 0.717) is 27.8 Å². The lowest BCUT2D eigenvalue weighted by Crippen LogP contribution is -2.56. The maximum Gasteiger partial charge on any atom is 0.328 e. The van der Waals surface area contributed by atoms with Crippen LogP contribution in [0.3, 0.4) is 0 Å². The number of H-pyrrole nitrogens is 1. The molecule has 2 fully saturated rings. The van der Waals surface area contributed by atoms with E-state index in [1.807, 2.05) is 0 Å². The van der Waals surface area contributed by atoms with Crippen LogP contribution in [0.1, 0.15) is 43.7 Å². The molecule has 0 atom stereocenters. The second-order valence-corrected chi connectivity index (χ2v) is 8.78. The Labute approximate surface area is 186 Å². The van der Waals surface area contributed by atoms with E-state index in [1.165, 1.54) is 11.2 Å². The Bertz CT molecular complexity index is 1480. The molecular formula is C22H20F2N8O. The van der Waals surface area contributed by atoms with Gasteiger partial charge in [0.25, 0.3) is 5.92 Å². The van der Waals surface area contributed by atoms with Crippen molar-refractivity contribution in [3.8, 4) is 12.0 Å². The molecule has 0 spiro atoms. The van der Waals surface area contributed by atoms with E-state index in [9.17, 15) is 18.8 Å². The summed E-state index contributed by atoms with van der Waals surface area (Å²) in [7, 11) is 0. The third-order valence-corrected chi connectivity index (χ3v) is 6.51. The first kappa shape index (κ1) is 19.8. The van der Waals surface area contributed by atoms with Crippen LogP contribution in [-0.4, -0.2) is 48.1 Å². The van der Waals surface area contributed by atoms with Crippen LogP contribution in [0.5, 0.6) is 0 Å². The number of hydrogen-bond donors (Lipinski definition) is 1. The Balaban J connectivity index is 1.58. The Morgan fingerprint density at radius 1 is 1.15 bits per heavy atom. The van der Waals surface area contributed by atoms with E-state index in [1.54, 1.807) is 27.3 Å². The van der Waals surface area contributed by atoms with E-state index in [-0.39, 0.29) is 23.5 Å². The Morgan fingerprint density at radius 3 is 2.67 bits per heavy atom. The van der Waals surface area contributed by atoms with Crippen molar-refractivity contribution >= 4 is 28.0 Å². The normalized spacial score (nSPS) is 18.5. The van der Waals surface area contributed by atoms with Crippen LogP contribution in [0.15, 0.2) is 29.3 Å². The SMILES string of the molecule is N#Cc1ccc2ncn(-c3nc(N4CC(F)(F)C4)c4[nH]c(=O)n(C5CCCCC5)c4n3)c2c1. The van der Waals surface area contributed by atoms with Crippen LogP contribution in [0.2, 0.25) is 0 Å². The number of benzene rings is 1. The molecule has 6 rings (SSSR count). The lowest BCUT2D eigenvalue weighted by Gasteiger charge is -2.39. The number of fused-ring (bicyclic) bond motifs is 2. The topological polar surface area (TPSA) is 108 Å². The fourth-order valence-electron chi connectivity index (χ4n) is 4.89. The van der Waals surface area contributed by atoms with Gasteiger partial charge in [-0.3, -0.25) is 9.13 Å². The molecule has 0 amide bonds. The van der Waals surface area contributed by atoms with E-state index >= 15 is 0 Å². The van der Waals surface area contributed by atoms with Gasteiger partial charge in [-0.25, -0.2) is 18.6 Å². The number of nitrogens with zero attached hydrogens (tertiary/aromatic N) is 7. The van der Waals surface area contributed by atoms with E-state index in [2.05, 4.69) is 21.0 Å². The third kappa shape index (κ3) is 3.16. The summed E-state index contributed by atoms with van der Waals surface area (Å²) in [5.74, 6) is -2.31. The highest BCUT2D eigenvalue weighted by atomic mass is 19.3. The van der Waals surface area contributed by atoms with Crippen molar-refractivity contribution < 1.29 is 8.78 Å². The van der Waals surface area contributed by atoms with Crippen molar-refractivity contribution in [3.05, 3.63) is 40.6 Å². The Hall–Kier alpha value is -3.81. The van der Waals surface area contributed by atoms with Gasteiger partial charge in [-0.05, 0) is 31.0 Å². The zero-order chi connectivity index (χ0) is 22.7. The number of aromatic nitrogens is 6. The molecule has 2 aliphatic rings. The number of halogens is 2. The van der Waals surface area contributed by atoms with Gasteiger partial charge >= 0.3 is 5.69 Å². The minimum Gasteiger partial charge on any atom is -0.342 e. The van der Waals surface area contributed by atoms with Gasteiger partial charge in [-0.2, -0.15) is 15.2 Å². The fourth-order valence-corrected chi connectivity index (χ4v) is 4.89. The molecule has 1 saturated heterocycles. The number of nitrogens with one attached hydrogen (secondary N) is 1. The second-order valence-electron chi connectivity index (χ2n) is 8.78. The van der Waals surface area contributed by atoms with Gasteiger partial charge in [0.1, 0.15) is 11.8 Å². The van der Waals surface area contributed by atoms with Gasteiger partial charge in [-0.1, -0.05) is 19.3 Å². The van der Waals surface area contributed by atoms with Crippen molar-refractivity contribution in [2.45, 2.75) is 44.1 Å². The van der Waals surface area contributed by atoms with Gasteiger partial charge < -0.3 is 9.88 Å². The molecule has 4 aromatic rings. The molecule has 11 heteroatoms. The van der Waals surface area contributed by atoms with Crippen LogP contribution < -0.4 is 10.6 Å². The van der Waals surface area contributed by atoms with Crippen molar-refractivity contribution in [3.63, 3.8) is 0 Å². The minimum atomic E-state index is -2.80. The molecule has 0 bridgehead atoms. The average Bonchev–Trinajstić information content (AvgIpc) is 3.37. The molecule has 33 heavy (non-hydrogen) atoms. The van der Waals surface area contributed by atoms with Crippen LogP contribution in [0.25, 0.3) is 28.1 Å². The molecule has 0 unspecified atom stereocenters. The predicted molar refractivity (Wildman–Crippen MR) is 117 cm³/mol. The first-order valence-corrected chi connectivity index (χ1v) is 11.0. The summed E-state index contributed by atoms with van der Waals surface area (Å²) in [5, 5.41) is 9.30. The number of rotatable bonds is 3. The summed E-state index contributed by atoms with van der Waals surface area (Å²) in [6.45, 7) is -0.948. The van der Waals surface area contributed by atoms with Crippen LogP contribution >= 0.6 is 0 Å². The van der Waals surface area contributed by atoms with Crippen LogP contribution in [0.4, 0.5) is 14.6 Å². The predicted octanol–water partition coefficient (Wildman–Crippen LogP) is 3.29. The molecule has 9 nitrogen and oxygen atoms in total. The molecule has 1 aliphatic heterocycles. The third-order valence-electron chi connectivity index (χ3n) is 6.51. The number of aromatic amines is 1. The molecule has 4 heterocycles. The number of imidazole rings is 2. The molecule has 1 saturated carbocycles. The molecule has 168 valence electrons. The van der Waals surface area contributed by atoms with Gasteiger partial charge in [-0.15, -0.1) is 0 Å². The number of alkyl halides is 2. The maximum atomic E-state index is 13.7. The van der Waals surface area contributed by atoms with E-state index in [4.69, 9.17) is 4.98 Å². The van der Waals surface area contributed by atoms with Gasteiger partial charge in [0.05, 0.1) is 35.8 Å². The summed E-state index contributed by atoms with van der Waals surface area (Å²) in [4.78, 5) is 30.9. The number of nitriles is 1. The fraction of sp³-hybridized carbons (Fsp3) is 0.409. The summed E-state index contributed by atoms with van der Waals surface area (Å²) in [5.41, 5.74) is 2.18.